The van der Waals surface area contributed by atoms with E-state index in [-0.39, 0.29) is 12.1 Å². The second-order valence-electron chi connectivity index (χ2n) is 6.92. The molecule has 0 fully saturated rings. The number of aryl methyl sites for hydroxylation is 1. The van der Waals surface area contributed by atoms with E-state index < -0.39 is 0 Å². The summed E-state index contributed by atoms with van der Waals surface area (Å²) in [7, 11) is 0. The number of ether oxygens (including phenoxy) is 1. The third kappa shape index (κ3) is 5.99. The van der Waals surface area contributed by atoms with Crippen LogP contribution < -0.4 is 10.1 Å². The Bertz CT molecular complexity index is 620. The lowest BCUT2D eigenvalue weighted by atomic mass is 10.0. The molecule has 0 atom stereocenters. The Morgan fingerprint density at radius 3 is 2.42 bits per heavy atom. The van der Waals surface area contributed by atoms with Gasteiger partial charge in [-0.25, -0.2) is 0 Å². The van der Waals surface area contributed by atoms with Crippen LogP contribution in [-0.4, -0.2) is 30.4 Å². The molecular weight excluding hydrogens is 298 g/mol. The number of aliphatic hydroxyl groups excluding tert-OH is 1. The third-order valence-electron chi connectivity index (χ3n) is 4.17. The predicted octanol–water partition coefficient (Wildman–Crippen LogP) is 3.72. The zero-order valence-electron chi connectivity index (χ0n) is 15.0. The van der Waals surface area contributed by atoms with Crippen molar-refractivity contribution in [3.63, 3.8) is 0 Å². The highest BCUT2D eigenvalue weighted by molar-refractivity contribution is 5.34. The number of nitrogens with one attached hydrogen (secondary N) is 1. The summed E-state index contributed by atoms with van der Waals surface area (Å²) in [5, 5.41) is 12.5. The van der Waals surface area contributed by atoms with Gasteiger partial charge < -0.3 is 15.2 Å². The molecule has 0 saturated carbocycles. The van der Waals surface area contributed by atoms with Crippen LogP contribution in [0.25, 0.3) is 0 Å². The lowest BCUT2D eigenvalue weighted by molar-refractivity contribution is 0.185. The molecule has 2 N–H and O–H groups in total. The monoisotopic (exact) mass is 327 g/mol. The SMILES string of the molecule is Cc1ccccc1Cc1ccc(OCCCNC(C)(C)CO)cc1. The molecule has 0 aromatic heterocycles. The van der Waals surface area contributed by atoms with Crippen molar-refractivity contribution in [2.24, 2.45) is 0 Å². The Morgan fingerprint density at radius 1 is 1.04 bits per heavy atom. The summed E-state index contributed by atoms with van der Waals surface area (Å²) in [4.78, 5) is 0. The molecule has 0 heterocycles. The zero-order valence-corrected chi connectivity index (χ0v) is 15.0. The fourth-order valence-electron chi connectivity index (χ4n) is 2.48. The highest BCUT2D eigenvalue weighted by Crippen LogP contribution is 2.17. The Balaban J connectivity index is 1.75. The molecule has 2 aromatic carbocycles. The summed E-state index contributed by atoms with van der Waals surface area (Å²) in [6.45, 7) is 7.77. The summed E-state index contributed by atoms with van der Waals surface area (Å²) < 4.78 is 5.78. The van der Waals surface area contributed by atoms with Gasteiger partial charge in [0.25, 0.3) is 0 Å². The van der Waals surface area contributed by atoms with Crippen molar-refractivity contribution in [3.8, 4) is 5.75 Å². The van der Waals surface area contributed by atoms with Crippen molar-refractivity contribution in [1.29, 1.82) is 0 Å². The highest BCUT2D eigenvalue weighted by Gasteiger charge is 2.13. The third-order valence-corrected chi connectivity index (χ3v) is 4.17. The number of benzene rings is 2. The van der Waals surface area contributed by atoms with Gasteiger partial charge in [0.15, 0.2) is 0 Å². The van der Waals surface area contributed by atoms with Crippen LogP contribution in [0.4, 0.5) is 0 Å². The van der Waals surface area contributed by atoms with E-state index in [0.29, 0.717) is 6.61 Å². The van der Waals surface area contributed by atoms with E-state index >= 15 is 0 Å². The molecule has 0 amide bonds. The van der Waals surface area contributed by atoms with Gasteiger partial charge >= 0.3 is 0 Å². The van der Waals surface area contributed by atoms with Gasteiger partial charge in [0.1, 0.15) is 5.75 Å². The van der Waals surface area contributed by atoms with Crippen LogP contribution in [0.15, 0.2) is 48.5 Å². The second-order valence-corrected chi connectivity index (χ2v) is 6.92. The Kier molecular flexibility index (Phi) is 6.83. The van der Waals surface area contributed by atoms with Crippen LogP contribution in [0.1, 0.15) is 37.0 Å². The van der Waals surface area contributed by atoms with E-state index in [1.165, 1.54) is 16.7 Å². The normalized spacial score (nSPS) is 11.5. The van der Waals surface area contributed by atoms with Crippen LogP contribution in [0.2, 0.25) is 0 Å². The Labute approximate surface area is 145 Å². The number of rotatable bonds is 9. The van der Waals surface area contributed by atoms with Crippen LogP contribution in [0.5, 0.6) is 5.75 Å². The van der Waals surface area contributed by atoms with Gasteiger partial charge in [0, 0.05) is 5.54 Å². The largest absolute Gasteiger partial charge is 0.494 e. The lowest BCUT2D eigenvalue weighted by Crippen LogP contribution is -2.43. The maximum atomic E-state index is 9.18. The van der Waals surface area contributed by atoms with Crippen LogP contribution in [0.3, 0.4) is 0 Å². The first-order chi connectivity index (χ1) is 11.5. The molecular formula is C21H29NO2. The van der Waals surface area contributed by atoms with Crippen LogP contribution in [-0.2, 0) is 6.42 Å². The van der Waals surface area contributed by atoms with E-state index in [1.807, 2.05) is 26.0 Å². The van der Waals surface area contributed by atoms with E-state index in [0.717, 1.165) is 25.1 Å². The van der Waals surface area contributed by atoms with Gasteiger partial charge in [0.05, 0.1) is 13.2 Å². The predicted molar refractivity (Wildman–Crippen MR) is 99.7 cm³/mol. The van der Waals surface area contributed by atoms with Crippen LogP contribution >= 0.6 is 0 Å². The number of hydrogen-bond donors (Lipinski definition) is 2. The standard InChI is InChI=1S/C21H29NO2/c1-17-7-4-5-8-19(17)15-18-9-11-20(12-10-18)24-14-6-13-22-21(2,3)16-23/h4-5,7-12,22-23H,6,13-16H2,1-3H3. The topological polar surface area (TPSA) is 41.5 Å². The van der Waals surface area contributed by atoms with Gasteiger partial charge in [-0.15, -0.1) is 0 Å². The van der Waals surface area contributed by atoms with Crippen LogP contribution in [0, 0.1) is 6.92 Å². The maximum absolute atomic E-state index is 9.18. The van der Waals surface area contributed by atoms with Crippen molar-refractivity contribution in [1.82, 2.24) is 5.32 Å². The summed E-state index contributed by atoms with van der Waals surface area (Å²) >= 11 is 0. The summed E-state index contributed by atoms with van der Waals surface area (Å²) in [5.41, 5.74) is 3.76. The fraction of sp³-hybridized carbons (Fsp3) is 0.429. The first-order valence-corrected chi connectivity index (χ1v) is 8.62. The zero-order chi connectivity index (χ0) is 17.4. The molecule has 3 nitrogen and oxygen atoms in total. The molecule has 0 aliphatic heterocycles. The van der Waals surface area contributed by atoms with E-state index in [9.17, 15) is 5.11 Å². The van der Waals surface area contributed by atoms with Crippen molar-refractivity contribution in [2.45, 2.75) is 39.2 Å². The molecule has 130 valence electrons. The molecule has 0 spiro atoms. The van der Waals surface area contributed by atoms with E-state index in [2.05, 4.69) is 48.6 Å². The smallest absolute Gasteiger partial charge is 0.119 e. The summed E-state index contributed by atoms with van der Waals surface area (Å²) in [6, 6.07) is 16.8. The lowest BCUT2D eigenvalue weighted by Gasteiger charge is -2.23. The average Bonchev–Trinajstić information content (AvgIpc) is 2.58. The first kappa shape index (κ1) is 18.5. The average molecular weight is 327 g/mol. The second kappa shape index (κ2) is 8.86. The molecule has 0 saturated heterocycles. The van der Waals surface area contributed by atoms with E-state index in [1.54, 1.807) is 0 Å². The molecule has 0 unspecified atom stereocenters. The van der Waals surface area contributed by atoms with Crippen molar-refractivity contribution >= 4 is 0 Å². The maximum Gasteiger partial charge on any atom is 0.119 e. The molecule has 2 rings (SSSR count). The van der Waals surface area contributed by atoms with Gasteiger partial charge in [-0.05, 0) is 69.0 Å². The Morgan fingerprint density at radius 2 is 1.75 bits per heavy atom. The minimum atomic E-state index is -0.225. The first-order valence-electron chi connectivity index (χ1n) is 8.62. The van der Waals surface area contributed by atoms with Gasteiger partial charge in [0.2, 0.25) is 0 Å². The minimum absolute atomic E-state index is 0.135. The van der Waals surface area contributed by atoms with Gasteiger partial charge in [-0.3, -0.25) is 0 Å². The fourth-order valence-corrected chi connectivity index (χ4v) is 2.48. The number of hydrogen-bond acceptors (Lipinski definition) is 3. The van der Waals surface area contributed by atoms with Crippen molar-refractivity contribution in [2.75, 3.05) is 19.8 Å². The molecule has 3 heteroatoms. The van der Waals surface area contributed by atoms with E-state index in [4.69, 9.17) is 4.74 Å². The molecule has 2 aromatic rings. The molecule has 0 bridgehead atoms. The molecule has 24 heavy (non-hydrogen) atoms. The molecule has 0 aliphatic carbocycles. The summed E-state index contributed by atoms with van der Waals surface area (Å²) in [5.74, 6) is 0.907. The van der Waals surface area contributed by atoms with Crippen molar-refractivity contribution in [3.05, 3.63) is 65.2 Å². The van der Waals surface area contributed by atoms with Gasteiger partial charge in [-0.2, -0.15) is 0 Å². The van der Waals surface area contributed by atoms with Gasteiger partial charge in [-0.1, -0.05) is 36.4 Å². The quantitative estimate of drug-likeness (QED) is 0.690. The highest BCUT2D eigenvalue weighted by atomic mass is 16.5. The van der Waals surface area contributed by atoms with Crippen molar-refractivity contribution < 1.29 is 9.84 Å². The number of aliphatic hydroxyl groups is 1. The molecule has 0 radical (unpaired) electrons. The summed E-state index contributed by atoms with van der Waals surface area (Å²) in [6.07, 6.45) is 1.86. The Hall–Kier alpha value is -1.84. The molecule has 0 aliphatic rings. The minimum Gasteiger partial charge on any atom is -0.494 e.